The van der Waals surface area contributed by atoms with Crippen LogP contribution in [-0.4, -0.2) is 16.4 Å². The van der Waals surface area contributed by atoms with Crippen LogP contribution in [0.25, 0.3) is 0 Å². The average molecular weight is 436 g/mol. The van der Waals surface area contributed by atoms with Gasteiger partial charge in [-0.15, -0.1) is 0 Å². The number of rotatable bonds is 5. The molecule has 0 spiro atoms. The molecular weight excluding hydrogens is 416 g/mol. The van der Waals surface area contributed by atoms with Crippen LogP contribution in [0.3, 0.4) is 0 Å². The molecule has 0 saturated heterocycles. The monoisotopic (exact) mass is 436 g/mol. The van der Waals surface area contributed by atoms with Gasteiger partial charge in [0.1, 0.15) is 10.8 Å². The first-order chi connectivity index (χ1) is 14.0. The third-order valence-corrected chi connectivity index (χ3v) is 6.66. The van der Waals surface area contributed by atoms with Crippen molar-refractivity contribution in [1.29, 1.82) is 0 Å². The van der Waals surface area contributed by atoms with Crippen molar-refractivity contribution in [2.45, 2.75) is 37.9 Å². The first kappa shape index (κ1) is 20.8. The summed E-state index contributed by atoms with van der Waals surface area (Å²) in [5.74, 6) is -0.742. The minimum atomic E-state index is -4.42. The predicted molar refractivity (Wildman–Crippen MR) is 109 cm³/mol. The number of hydrogen-bond acceptors (Lipinski definition) is 2. The number of carbonyl (C=O) groups is 1. The lowest BCUT2D eigenvalue weighted by Gasteiger charge is -2.72. The molecule has 3 saturated carbocycles. The van der Waals surface area contributed by atoms with Crippen LogP contribution in [-0.2, 0) is 11.0 Å². The maximum Gasteiger partial charge on any atom is 0.416 e. The van der Waals surface area contributed by atoms with Gasteiger partial charge in [-0.25, -0.2) is 4.39 Å². The summed E-state index contributed by atoms with van der Waals surface area (Å²) in [6, 6.07) is 10.6. The predicted octanol–water partition coefficient (Wildman–Crippen LogP) is 5.31. The van der Waals surface area contributed by atoms with E-state index in [0.717, 1.165) is 31.4 Å². The Bertz CT molecular complexity index is 983. The van der Waals surface area contributed by atoms with Crippen molar-refractivity contribution >= 4 is 28.8 Å². The van der Waals surface area contributed by atoms with E-state index >= 15 is 0 Å². The maximum absolute atomic E-state index is 13.0. The van der Waals surface area contributed by atoms with Gasteiger partial charge in [0.05, 0.1) is 5.56 Å². The summed E-state index contributed by atoms with van der Waals surface area (Å²) >= 11 is 5.34. The fourth-order valence-electron chi connectivity index (χ4n) is 4.67. The highest BCUT2D eigenvalue weighted by atomic mass is 32.1. The van der Waals surface area contributed by atoms with Gasteiger partial charge in [-0.1, -0.05) is 31.3 Å². The molecule has 3 fully saturated rings. The van der Waals surface area contributed by atoms with Gasteiger partial charge < -0.3 is 10.6 Å². The maximum atomic E-state index is 13.0. The second-order valence-electron chi connectivity index (χ2n) is 8.42. The fourth-order valence-corrected chi connectivity index (χ4v) is 5.01. The van der Waals surface area contributed by atoms with E-state index in [1.54, 1.807) is 6.07 Å². The molecule has 3 nitrogen and oxygen atoms in total. The van der Waals surface area contributed by atoms with Crippen molar-refractivity contribution in [1.82, 2.24) is 5.32 Å². The Balaban J connectivity index is 1.34. The number of amides is 1. The molecule has 158 valence electrons. The van der Waals surface area contributed by atoms with E-state index in [4.69, 9.17) is 12.2 Å². The summed E-state index contributed by atoms with van der Waals surface area (Å²) < 4.78 is 51.8. The van der Waals surface area contributed by atoms with Crippen LogP contribution in [0.4, 0.5) is 23.2 Å². The minimum absolute atomic E-state index is 0.129. The molecule has 2 N–H and O–H groups in total. The highest BCUT2D eigenvalue weighted by Crippen LogP contribution is 2.70. The number of carbonyl (C=O) groups excluding carboxylic acids is 1. The number of benzene rings is 2. The minimum Gasteiger partial charge on any atom is -0.370 e. The van der Waals surface area contributed by atoms with Gasteiger partial charge in [0.2, 0.25) is 5.91 Å². The first-order valence-corrected chi connectivity index (χ1v) is 9.99. The molecular formula is C22H20F4N2OS. The van der Waals surface area contributed by atoms with Crippen LogP contribution in [0.15, 0.2) is 48.5 Å². The Morgan fingerprint density at radius 3 is 2.33 bits per heavy atom. The van der Waals surface area contributed by atoms with Gasteiger partial charge >= 0.3 is 6.18 Å². The molecule has 1 atom stereocenters. The Morgan fingerprint density at radius 2 is 1.73 bits per heavy atom. The van der Waals surface area contributed by atoms with Crippen molar-refractivity contribution in [3.8, 4) is 0 Å². The summed E-state index contributed by atoms with van der Waals surface area (Å²) in [5, 5.41) is 6.03. The molecule has 30 heavy (non-hydrogen) atoms. The molecule has 3 aliphatic rings. The van der Waals surface area contributed by atoms with E-state index < -0.39 is 11.7 Å². The molecule has 2 aromatic rings. The SMILES string of the molecule is C[C@H](C(=O)Nc1ccc(F)cc1)C12CC(NC(=S)c3cccc(C(F)(F)F)c3)(C1)C2. The van der Waals surface area contributed by atoms with Crippen molar-refractivity contribution in [3.05, 3.63) is 65.5 Å². The van der Waals surface area contributed by atoms with E-state index in [2.05, 4.69) is 10.6 Å². The Kier molecular flexibility index (Phi) is 4.88. The molecule has 0 radical (unpaired) electrons. The summed E-state index contributed by atoms with van der Waals surface area (Å²) in [5.41, 5.74) is -0.251. The third-order valence-electron chi connectivity index (χ3n) is 6.33. The van der Waals surface area contributed by atoms with E-state index in [1.165, 1.54) is 30.3 Å². The average Bonchev–Trinajstić information content (AvgIpc) is 2.64. The van der Waals surface area contributed by atoms with Crippen LogP contribution in [0.5, 0.6) is 0 Å². The second kappa shape index (κ2) is 7.04. The number of hydrogen-bond donors (Lipinski definition) is 2. The first-order valence-electron chi connectivity index (χ1n) is 9.58. The molecule has 0 aromatic heterocycles. The molecule has 2 aromatic carbocycles. The molecule has 2 bridgehead atoms. The molecule has 5 rings (SSSR count). The lowest BCUT2D eigenvalue weighted by Crippen LogP contribution is -2.77. The molecule has 3 aliphatic carbocycles. The van der Waals surface area contributed by atoms with Gasteiger partial charge in [0, 0.05) is 22.7 Å². The number of halogens is 4. The quantitative estimate of drug-likeness (QED) is 0.493. The van der Waals surface area contributed by atoms with Crippen molar-refractivity contribution < 1.29 is 22.4 Å². The normalized spacial score (nSPS) is 25.5. The molecule has 0 heterocycles. The number of thiocarbonyl (C=S) groups is 1. The lowest BCUT2D eigenvalue weighted by atomic mass is 9.36. The van der Waals surface area contributed by atoms with Crippen LogP contribution < -0.4 is 10.6 Å². The second-order valence-corrected chi connectivity index (χ2v) is 8.83. The van der Waals surface area contributed by atoms with Gasteiger partial charge in [-0.05, 0) is 61.1 Å². The number of anilines is 1. The molecule has 8 heteroatoms. The van der Waals surface area contributed by atoms with Crippen LogP contribution >= 0.6 is 12.2 Å². The summed E-state index contributed by atoms with van der Waals surface area (Å²) in [7, 11) is 0. The third kappa shape index (κ3) is 3.69. The van der Waals surface area contributed by atoms with Crippen molar-refractivity contribution in [2.24, 2.45) is 11.3 Å². The zero-order chi connectivity index (χ0) is 21.7. The summed E-state index contributed by atoms with van der Waals surface area (Å²) in [4.78, 5) is 12.9. The smallest absolute Gasteiger partial charge is 0.370 e. The van der Waals surface area contributed by atoms with E-state index in [9.17, 15) is 22.4 Å². The fraction of sp³-hybridized carbons (Fsp3) is 0.364. The highest BCUT2D eigenvalue weighted by Gasteiger charge is 2.70. The van der Waals surface area contributed by atoms with Gasteiger partial charge in [-0.3, -0.25) is 4.79 Å². The van der Waals surface area contributed by atoms with E-state index in [0.29, 0.717) is 11.3 Å². The molecule has 0 aliphatic heterocycles. The Hall–Kier alpha value is -2.48. The van der Waals surface area contributed by atoms with Crippen molar-refractivity contribution in [2.75, 3.05) is 5.32 Å². The largest absolute Gasteiger partial charge is 0.416 e. The highest BCUT2D eigenvalue weighted by molar-refractivity contribution is 7.80. The number of nitrogens with one attached hydrogen (secondary N) is 2. The summed E-state index contributed by atoms with van der Waals surface area (Å²) in [6.45, 7) is 1.87. The topological polar surface area (TPSA) is 41.1 Å². The van der Waals surface area contributed by atoms with E-state index in [-0.39, 0.29) is 33.6 Å². The van der Waals surface area contributed by atoms with Crippen LogP contribution in [0.1, 0.15) is 37.3 Å². The van der Waals surface area contributed by atoms with Gasteiger partial charge in [-0.2, -0.15) is 13.2 Å². The summed E-state index contributed by atoms with van der Waals surface area (Å²) in [6.07, 6.45) is -2.22. The van der Waals surface area contributed by atoms with Crippen LogP contribution in [0, 0.1) is 17.2 Å². The number of alkyl halides is 3. The van der Waals surface area contributed by atoms with Gasteiger partial charge in [0.15, 0.2) is 0 Å². The Morgan fingerprint density at radius 1 is 1.10 bits per heavy atom. The Labute approximate surface area is 176 Å². The van der Waals surface area contributed by atoms with Crippen molar-refractivity contribution in [3.63, 3.8) is 0 Å². The zero-order valence-electron chi connectivity index (χ0n) is 16.1. The standard InChI is InChI=1S/C22H20F4N2OS/c1-13(18(29)27-17-7-5-16(23)6-8-17)20-10-21(11-20,12-20)28-19(30)14-3-2-4-15(9-14)22(24,25)26/h2-9,13H,10-12H2,1H3,(H,27,29)(H,28,30)/t13-,20?,21?/m1/s1. The zero-order valence-corrected chi connectivity index (χ0v) is 17.0. The molecule has 1 amide bonds. The van der Waals surface area contributed by atoms with Crippen LogP contribution in [0.2, 0.25) is 0 Å². The lowest BCUT2D eigenvalue weighted by molar-refractivity contribution is -0.182. The molecule has 0 unspecified atom stereocenters. The van der Waals surface area contributed by atoms with E-state index in [1.807, 2.05) is 6.92 Å². The van der Waals surface area contributed by atoms with Gasteiger partial charge in [0.25, 0.3) is 0 Å².